The summed E-state index contributed by atoms with van der Waals surface area (Å²) < 4.78 is 5.23. The van der Waals surface area contributed by atoms with E-state index in [-0.39, 0.29) is 24.0 Å². The zero-order valence-electron chi connectivity index (χ0n) is 10.1. The lowest BCUT2D eigenvalue weighted by Gasteiger charge is -2.08. The van der Waals surface area contributed by atoms with Crippen molar-refractivity contribution >= 4 is 29.9 Å². The minimum atomic E-state index is 0. The largest absolute Gasteiger partial charge is 0.469 e. The van der Waals surface area contributed by atoms with E-state index in [0.717, 1.165) is 24.7 Å². The fourth-order valence-electron chi connectivity index (χ4n) is 1.24. The van der Waals surface area contributed by atoms with E-state index in [4.69, 9.17) is 4.42 Å². The summed E-state index contributed by atoms with van der Waals surface area (Å²) in [6.07, 6.45) is 4.30. The van der Waals surface area contributed by atoms with Crippen LogP contribution in [0.1, 0.15) is 12.7 Å². The molecule has 0 saturated heterocycles. The van der Waals surface area contributed by atoms with Crippen molar-refractivity contribution in [3.05, 3.63) is 36.8 Å². The fraction of sp³-hybridized carbons (Fsp3) is 0.417. The first-order valence-electron chi connectivity index (χ1n) is 5.52. The summed E-state index contributed by atoms with van der Waals surface area (Å²) in [5.74, 6) is 1.78. The van der Waals surface area contributed by atoms with E-state index >= 15 is 0 Å². The Morgan fingerprint density at radius 1 is 1.53 bits per heavy atom. The van der Waals surface area contributed by atoms with Crippen molar-refractivity contribution in [1.29, 1.82) is 0 Å². The van der Waals surface area contributed by atoms with E-state index in [1.807, 2.05) is 19.1 Å². The van der Waals surface area contributed by atoms with Crippen LogP contribution < -0.4 is 10.6 Å². The van der Waals surface area contributed by atoms with Crippen molar-refractivity contribution in [2.45, 2.75) is 13.3 Å². The molecule has 1 heterocycles. The topological polar surface area (TPSA) is 49.6 Å². The molecule has 1 rings (SSSR count). The third-order valence-electron chi connectivity index (χ3n) is 1.97. The maximum absolute atomic E-state index is 5.23. The monoisotopic (exact) mass is 349 g/mol. The Hall–Kier alpha value is -0.980. The highest BCUT2D eigenvalue weighted by Gasteiger charge is 1.96. The summed E-state index contributed by atoms with van der Waals surface area (Å²) in [6.45, 7) is 7.97. The molecule has 0 atom stereocenters. The van der Waals surface area contributed by atoms with Crippen molar-refractivity contribution in [2.24, 2.45) is 4.99 Å². The molecule has 0 fully saturated rings. The highest BCUT2D eigenvalue weighted by atomic mass is 127. The second-order valence-electron chi connectivity index (χ2n) is 3.26. The number of halogens is 1. The minimum Gasteiger partial charge on any atom is -0.469 e. The molecule has 0 unspecified atom stereocenters. The highest BCUT2D eigenvalue weighted by Crippen LogP contribution is 2.00. The first-order valence-corrected chi connectivity index (χ1v) is 5.52. The lowest BCUT2D eigenvalue weighted by Crippen LogP contribution is -2.37. The fourth-order valence-corrected chi connectivity index (χ4v) is 1.24. The predicted molar refractivity (Wildman–Crippen MR) is 82.0 cm³/mol. The molecule has 0 aromatic carbocycles. The quantitative estimate of drug-likeness (QED) is 0.358. The van der Waals surface area contributed by atoms with Crippen LogP contribution in [0.5, 0.6) is 0 Å². The third-order valence-corrected chi connectivity index (χ3v) is 1.97. The van der Waals surface area contributed by atoms with E-state index in [0.29, 0.717) is 13.1 Å². The predicted octanol–water partition coefficient (Wildman–Crippen LogP) is 2.18. The first kappa shape index (κ1) is 16.0. The number of hydrogen-bond acceptors (Lipinski definition) is 2. The lowest BCUT2D eigenvalue weighted by atomic mass is 10.3. The first-order chi connectivity index (χ1) is 7.86. The van der Waals surface area contributed by atoms with Gasteiger partial charge in [0.25, 0.3) is 0 Å². The van der Waals surface area contributed by atoms with Crippen molar-refractivity contribution in [3.8, 4) is 0 Å². The van der Waals surface area contributed by atoms with Crippen molar-refractivity contribution in [3.63, 3.8) is 0 Å². The number of hydrogen-bond donors (Lipinski definition) is 2. The van der Waals surface area contributed by atoms with Gasteiger partial charge in [0.2, 0.25) is 0 Å². The maximum Gasteiger partial charge on any atom is 0.191 e. The average Bonchev–Trinajstić information content (AvgIpc) is 2.79. The van der Waals surface area contributed by atoms with Crippen LogP contribution in [0.2, 0.25) is 0 Å². The zero-order valence-corrected chi connectivity index (χ0v) is 12.4. The molecule has 0 aliphatic heterocycles. The molecule has 0 aliphatic rings. The summed E-state index contributed by atoms with van der Waals surface area (Å²) in [5, 5.41) is 6.30. The van der Waals surface area contributed by atoms with Crippen LogP contribution in [-0.4, -0.2) is 25.6 Å². The normalized spacial score (nSPS) is 10.5. The maximum atomic E-state index is 5.23. The van der Waals surface area contributed by atoms with Crippen LogP contribution in [-0.2, 0) is 6.42 Å². The van der Waals surface area contributed by atoms with E-state index in [1.54, 1.807) is 12.3 Å². The molecule has 0 aliphatic carbocycles. The third kappa shape index (κ3) is 7.04. The van der Waals surface area contributed by atoms with Crippen molar-refractivity contribution < 1.29 is 4.42 Å². The molecule has 0 amide bonds. The minimum absolute atomic E-state index is 0. The summed E-state index contributed by atoms with van der Waals surface area (Å²) in [6, 6.07) is 3.85. The molecule has 0 bridgehead atoms. The molecule has 4 nitrogen and oxygen atoms in total. The lowest BCUT2D eigenvalue weighted by molar-refractivity contribution is 0.510. The number of nitrogens with zero attached hydrogens (tertiary/aromatic N) is 1. The Balaban J connectivity index is 0.00000256. The Labute approximate surface area is 120 Å². The Morgan fingerprint density at radius 2 is 2.35 bits per heavy atom. The number of rotatable bonds is 6. The van der Waals surface area contributed by atoms with Crippen molar-refractivity contribution in [2.75, 3.05) is 19.6 Å². The Bertz CT molecular complexity index is 323. The van der Waals surface area contributed by atoms with E-state index in [1.165, 1.54) is 0 Å². The van der Waals surface area contributed by atoms with Gasteiger partial charge in [0.15, 0.2) is 5.96 Å². The van der Waals surface area contributed by atoms with Gasteiger partial charge in [-0.1, -0.05) is 6.08 Å². The van der Waals surface area contributed by atoms with Gasteiger partial charge in [0.05, 0.1) is 6.26 Å². The van der Waals surface area contributed by atoms with Gasteiger partial charge in [0.1, 0.15) is 5.76 Å². The number of aliphatic imine (C=N–C) groups is 1. The van der Waals surface area contributed by atoms with Crippen LogP contribution in [0.15, 0.2) is 40.5 Å². The number of furan rings is 1. The van der Waals surface area contributed by atoms with Gasteiger partial charge in [-0.15, -0.1) is 30.6 Å². The zero-order chi connectivity index (χ0) is 11.6. The van der Waals surface area contributed by atoms with Gasteiger partial charge in [-0.3, -0.25) is 4.99 Å². The average molecular weight is 349 g/mol. The van der Waals surface area contributed by atoms with Crippen LogP contribution >= 0.6 is 24.0 Å². The summed E-state index contributed by atoms with van der Waals surface area (Å²) in [4.78, 5) is 4.41. The standard InChI is InChI=1S/C12H19N3O.HI/c1-3-8-14-12(13-4-2)15-9-7-11-6-5-10-16-11;/h3,5-6,10H,1,4,7-9H2,2H3,(H2,13,14,15);1H. The molecule has 0 radical (unpaired) electrons. The Kier molecular flexibility index (Phi) is 9.60. The second kappa shape index (κ2) is 10.2. The van der Waals surface area contributed by atoms with E-state index in [2.05, 4.69) is 22.2 Å². The second-order valence-corrected chi connectivity index (χ2v) is 3.26. The van der Waals surface area contributed by atoms with Crippen LogP contribution in [0, 0.1) is 0 Å². The smallest absolute Gasteiger partial charge is 0.191 e. The molecular formula is C12H20IN3O. The Morgan fingerprint density at radius 3 is 2.94 bits per heavy atom. The van der Waals surface area contributed by atoms with Gasteiger partial charge < -0.3 is 15.1 Å². The van der Waals surface area contributed by atoms with Gasteiger partial charge in [0, 0.05) is 26.1 Å². The highest BCUT2D eigenvalue weighted by molar-refractivity contribution is 14.0. The molecule has 1 aromatic rings. The summed E-state index contributed by atoms with van der Waals surface area (Å²) >= 11 is 0. The molecule has 17 heavy (non-hydrogen) atoms. The van der Waals surface area contributed by atoms with Gasteiger partial charge >= 0.3 is 0 Å². The summed E-state index contributed by atoms with van der Waals surface area (Å²) in [7, 11) is 0. The number of nitrogens with one attached hydrogen (secondary N) is 2. The molecule has 0 saturated carbocycles. The van der Waals surface area contributed by atoms with Crippen LogP contribution in [0.4, 0.5) is 0 Å². The molecule has 5 heteroatoms. The number of guanidine groups is 1. The van der Waals surface area contributed by atoms with Gasteiger partial charge in [-0.05, 0) is 19.1 Å². The van der Waals surface area contributed by atoms with Crippen molar-refractivity contribution in [1.82, 2.24) is 10.6 Å². The van der Waals surface area contributed by atoms with Gasteiger partial charge in [-0.2, -0.15) is 0 Å². The molecule has 1 aromatic heterocycles. The van der Waals surface area contributed by atoms with E-state index in [9.17, 15) is 0 Å². The molecule has 96 valence electrons. The van der Waals surface area contributed by atoms with Crippen LogP contribution in [0.3, 0.4) is 0 Å². The SMILES string of the molecule is C=CCNC(=NCCc1ccco1)NCC.I. The van der Waals surface area contributed by atoms with Crippen LogP contribution in [0.25, 0.3) is 0 Å². The molecular weight excluding hydrogens is 329 g/mol. The molecule has 0 spiro atoms. The summed E-state index contributed by atoms with van der Waals surface area (Å²) in [5.41, 5.74) is 0. The van der Waals surface area contributed by atoms with E-state index < -0.39 is 0 Å². The van der Waals surface area contributed by atoms with Gasteiger partial charge in [-0.25, -0.2) is 0 Å². The molecule has 2 N–H and O–H groups in total.